The summed E-state index contributed by atoms with van der Waals surface area (Å²) in [4.78, 5) is 96.5. The molecule has 14 nitrogen and oxygen atoms in total. The lowest BCUT2D eigenvalue weighted by Gasteiger charge is -2.35. The van der Waals surface area contributed by atoms with Gasteiger partial charge in [0.2, 0.25) is 35.3 Å². The van der Waals surface area contributed by atoms with Crippen LogP contribution in [0.4, 0.5) is 0 Å². The third-order valence-corrected chi connectivity index (χ3v) is 11.8. The lowest BCUT2D eigenvalue weighted by molar-refractivity contribution is -0.144. The predicted molar refractivity (Wildman–Crippen MR) is 234 cm³/mol. The molecule has 6 N–H and O–H groups in total. The zero-order valence-corrected chi connectivity index (χ0v) is 35.9. The van der Waals surface area contributed by atoms with Gasteiger partial charge in [-0.1, -0.05) is 143 Å². The summed E-state index contributed by atoms with van der Waals surface area (Å²) in [6.07, 6.45) is 6.13. The van der Waals surface area contributed by atoms with Crippen LogP contribution in [0, 0.1) is 5.92 Å². The maximum absolute atomic E-state index is 15.1. The minimum absolute atomic E-state index is 0.0657. The number of benzene rings is 3. The average molecular weight is 851 g/mol. The Morgan fingerprint density at radius 1 is 0.742 bits per heavy atom. The van der Waals surface area contributed by atoms with Crippen LogP contribution >= 0.6 is 0 Å². The molecule has 14 heteroatoms. The number of rotatable bonds is 22. The number of carbonyl (C=O) groups excluding carboxylic acids is 7. The molecule has 1 saturated carbocycles. The summed E-state index contributed by atoms with van der Waals surface area (Å²) in [5, 5.41) is 10.7. The molecule has 1 aliphatic heterocycles. The van der Waals surface area contributed by atoms with Gasteiger partial charge in [-0.25, -0.2) is 0 Å². The van der Waals surface area contributed by atoms with Crippen molar-refractivity contribution in [1.82, 2.24) is 26.2 Å². The Balaban J connectivity index is 1.37. The molecule has 3 aromatic rings. The van der Waals surface area contributed by atoms with E-state index < -0.39 is 78.1 Å². The molecule has 5 atom stereocenters. The normalized spacial score (nSPS) is 18.0. The van der Waals surface area contributed by atoms with E-state index in [4.69, 9.17) is 10.5 Å². The van der Waals surface area contributed by atoms with E-state index in [0.29, 0.717) is 19.3 Å². The molecule has 5 rings (SSSR count). The maximum Gasteiger partial charge on any atom is 0.290 e. The highest BCUT2D eigenvalue weighted by molar-refractivity contribution is 6.38. The lowest BCUT2D eigenvalue weighted by atomic mass is 9.82. The fourth-order valence-corrected chi connectivity index (χ4v) is 8.42. The number of nitrogens with two attached hydrogens (primary N) is 1. The fourth-order valence-electron chi connectivity index (χ4n) is 8.42. The minimum atomic E-state index is -1.26. The first kappa shape index (κ1) is 47.2. The van der Waals surface area contributed by atoms with Crippen molar-refractivity contribution < 1.29 is 38.3 Å². The van der Waals surface area contributed by atoms with Crippen molar-refractivity contribution in [3.05, 3.63) is 108 Å². The van der Waals surface area contributed by atoms with Gasteiger partial charge in [0.05, 0.1) is 31.2 Å². The second-order valence-electron chi connectivity index (χ2n) is 16.4. The number of likely N-dealkylation sites (tertiary alicyclic amines) is 1. The number of hydrogen-bond donors (Lipinski definition) is 5. The molecule has 1 heterocycles. The van der Waals surface area contributed by atoms with E-state index in [-0.39, 0.29) is 37.8 Å². The summed E-state index contributed by atoms with van der Waals surface area (Å²) in [6, 6.07) is 24.2. The van der Waals surface area contributed by atoms with Crippen LogP contribution in [0.1, 0.15) is 107 Å². The van der Waals surface area contributed by atoms with Crippen LogP contribution < -0.4 is 27.0 Å². The van der Waals surface area contributed by atoms with Crippen LogP contribution in [0.3, 0.4) is 0 Å². The molecule has 1 aliphatic carbocycles. The Hall–Kier alpha value is -5.89. The number of ether oxygens (including phenoxy) is 1. The summed E-state index contributed by atoms with van der Waals surface area (Å²) in [6.45, 7) is 3.45. The number of carbonyl (C=O) groups is 7. The molecule has 1 saturated heterocycles. The summed E-state index contributed by atoms with van der Waals surface area (Å²) in [7, 11) is 0. The van der Waals surface area contributed by atoms with Crippen LogP contribution in [0.25, 0.3) is 0 Å². The quantitative estimate of drug-likeness (QED) is 0.0925. The van der Waals surface area contributed by atoms with Crippen LogP contribution in [0.2, 0.25) is 0 Å². The number of ketones is 1. The third kappa shape index (κ3) is 13.3. The van der Waals surface area contributed by atoms with Gasteiger partial charge in [-0.15, -0.1) is 0 Å². The summed E-state index contributed by atoms with van der Waals surface area (Å²) >= 11 is 0. The first-order chi connectivity index (χ1) is 30.0. The van der Waals surface area contributed by atoms with Gasteiger partial charge in [-0.3, -0.25) is 33.6 Å². The number of unbranched alkanes of at least 4 members (excludes halogenated alkanes) is 1. The fraction of sp³-hybridized carbons (Fsp3) is 0.479. The molecular formula is C48H62N6O8. The minimum Gasteiger partial charge on any atom is -0.372 e. The van der Waals surface area contributed by atoms with Gasteiger partial charge in [0, 0.05) is 13.0 Å². The van der Waals surface area contributed by atoms with Crippen molar-refractivity contribution in [2.75, 3.05) is 13.1 Å². The van der Waals surface area contributed by atoms with Gasteiger partial charge in [0.25, 0.3) is 5.91 Å². The Kier molecular flexibility index (Phi) is 18.2. The number of primary amides is 1. The largest absolute Gasteiger partial charge is 0.372 e. The standard InChI is InChI=1S/C48H62N6O8/c1-3-5-27-38(44(49)57)51-40(55)29-50-47(60)43(56)37(18-4-2)52-45(58)39-28-36(62-31-32-19-10-6-11-20-32)30-54(39)48(61)42(35-25-16-9-17-26-35)53-46(59)41(33-21-12-7-13-22-33)34-23-14-8-15-24-34/h6-8,10-15,19-24,35-39,41-42H,3-5,9,16-18,25-31H2,1-2H3,(H2,49,57)(H,50,60)(H,51,55)(H,52,58)(H,53,59)/t36-,37?,38?,39+,42?/m1/s1. The second-order valence-corrected chi connectivity index (χ2v) is 16.4. The molecule has 0 spiro atoms. The highest BCUT2D eigenvalue weighted by Gasteiger charge is 2.46. The van der Waals surface area contributed by atoms with Gasteiger partial charge in [-0.05, 0) is 48.3 Å². The monoisotopic (exact) mass is 850 g/mol. The Bertz CT molecular complexity index is 1920. The first-order valence-electron chi connectivity index (χ1n) is 22.1. The third-order valence-electron chi connectivity index (χ3n) is 11.8. The van der Waals surface area contributed by atoms with E-state index in [1.165, 1.54) is 4.90 Å². The molecule has 0 aromatic heterocycles. The van der Waals surface area contributed by atoms with Gasteiger partial charge in [-0.2, -0.15) is 0 Å². The molecule has 332 valence electrons. The molecule has 3 aromatic carbocycles. The van der Waals surface area contributed by atoms with Crippen molar-refractivity contribution >= 4 is 41.2 Å². The number of nitrogens with zero attached hydrogens (tertiary/aromatic N) is 1. The van der Waals surface area contributed by atoms with Gasteiger partial charge in [0.1, 0.15) is 18.1 Å². The molecule has 0 radical (unpaired) electrons. The maximum atomic E-state index is 15.1. The zero-order chi connectivity index (χ0) is 44.4. The number of Topliss-reactive ketones (excluding diaryl/α,β-unsaturated/α-hetero) is 1. The van der Waals surface area contributed by atoms with Gasteiger partial charge < -0.3 is 36.6 Å². The molecule has 3 unspecified atom stereocenters. The van der Waals surface area contributed by atoms with E-state index in [9.17, 15) is 28.8 Å². The molecule has 0 bridgehead atoms. The van der Waals surface area contributed by atoms with Crippen LogP contribution in [0.5, 0.6) is 0 Å². The molecular weight excluding hydrogens is 789 g/mol. The van der Waals surface area contributed by atoms with Crippen molar-refractivity contribution in [2.45, 2.75) is 127 Å². The van der Waals surface area contributed by atoms with E-state index >= 15 is 4.79 Å². The van der Waals surface area contributed by atoms with E-state index in [1.807, 2.05) is 97.9 Å². The van der Waals surface area contributed by atoms with Crippen LogP contribution in [0.15, 0.2) is 91.0 Å². The smallest absolute Gasteiger partial charge is 0.290 e. The molecule has 62 heavy (non-hydrogen) atoms. The second kappa shape index (κ2) is 23.9. The number of hydrogen-bond acceptors (Lipinski definition) is 8. The van der Waals surface area contributed by atoms with Crippen LogP contribution in [-0.4, -0.2) is 89.5 Å². The van der Waals surface area contributed by atoms with Gasteiger partial charge >= 0.3 is 0 Å². The van der Waals surface area contributed by atoms with Crippen molar-refractivity contribution in [3.8, 4) is 0 Å². The van der Waals surface area contributed by atoms with E-state index in [2.05, 4.69) is 21.3 Å². The van der Waals surface area contributed by atoms with Crippen molar-refractivity contribution in [1.29, 1.82) is 0 Å². The summed E-state index contributed by atoms with van der Waals surface area (Å²) in [5.41, 5.74) is 7.89. The topological polar surface area (TPSA) is 206 Å². The number of nitrogens with one attached hydrogen (secondary N) is 4. The summed E-state index contributed by atoms with van der Waals surface area (Å²) < 4.78 is 6.31. The Labute approximate surface area is 364 Å². The average Bonchev–Trinajstić information content (AvgIpc) is 3.73. The highest BCUT2D eigenvalue weighted by Crippen LogP contribution is 2.32. The first-order valence-corrected chi connectivity index (χ1v) is 22.1. The van der Waals surface area contributed by atoms with E-state index in [0.717, 1.165) is 55.2 Å². The van der Waals surface area contributed by atoms with Gasteiger partial charge in [0.15, 0.2) is 0 Å². The molecule has 2 aliphatic rings. The SMILES string of the molecule is CCCCC(NC(=O)CNC(=O)C(=O)C(CCC)NC(=O)[C@@H]1C[C@@H](OCc2ccccc2)CN1C(=O)C(NC(=O)C(c1ccccc1)c1ccccc1)C1CCCCC1)C(N)=O. The number of amides is 6. The molecule has 2 fully saturated rings. The zero-order valence-electron chi connectivity index (χ0n) is 35.9. The van der Waals surface area contributed by atoms with Crippen molar-refractivity contribution in [2.24, 2.45) is 11.7 Å². The highest BCUT2D eigenvalue weighted by atomic mass is 16.5. The lowest BCUT2D eigenvalue weighted by Crippen LogP contribution is -2.58. The Morgan fingerprint density at radius 2 is 1.35 bits per heavy atom. The predicted octanol–water partition coefficient (Wildman–Crippen LogP) is 4.20. The molecule has 6 amide bonds. The van der Waals surface area contributed by atoms with Crippen LogP contribution in [-0.2, 0) is 44.9 Å². The Morgan fingerprint density at radius 3 is 1.94 bits per heavy atom. The van der Waals surface area contributed by atoms with Crippen molar-refractivity contribution in [3.63, 3.8) is 0 Å². The van der Waals surface area contributed by atoms with E-state index in [1.54, 1.807) is 6.92 Å². The summed E-state index contributed by atoms with van der Waals surface area (Å²) in [5.74, 6) is -5.70.